The van der Waals surface area contributed by atoms with Gasteiger partial charge in [0.2, 0.25) is 11.6 Å². The summed E-state index contributed by atoms with van der Waals surface area (Å²) >= 11 is 0. The van der Waals surface area contributed by atoms with Crippen molar-refractivity contribution < 1.29 is 13.9 Å². The monoisotopic (exact) mass is 340 g/mol. The Morgan fingerprint density at radius 2 is 2.08 bits per heavy atom. The molecule has 1 aliphatic heterocycles. The van der Waals surface area contributed by atoms with E-state index in [9.17, 15) is 9.59 Å². The number of hydrogen-bond donors (Lipinski definition) is 0. The molecule has 4 rings (SSSR count). The molecule has 3 aromatic heterocycles. The molecular formula is C17H16N4O4. The highest BCUT2D eigenvalue weighted by molar-refractivity contribution is 6.14. The lowest BCUT2D eigenvalue weighted by atomic mass is 10.1. The van der Waals surface area contributed by atoms with Gasteiger partial charge in [0, 0.05) is 13.2 Å². The molecule has 0 saturated carbocycles. The van der Waals surface area contributed by atoms with Crippen LogP contribution in [0.3, 0.4) is 0 Å². The summed E-state index contributed by atoms with van der Waals surface area (Å²) < 4.78 is 12.4. The summed E-state index contributed by atoms with van der Waals surface area (Å²) in [7, 11) is 1.59. The van der Waals surface area contributed by atoms with Crippen LogP contribution >= 0.6 is 0 Å². The third-order valence-electron chi connectivity index (χ3n) is 4.22. The van der Waals surface area contributed by atoms with Crippen LogP contribution in [-0.4, -0.2) is 33.6 Å². The van der Waals surface area contributed by atoms with E-state index < -0.39 is 0 Å². The van der Waals surface area contributed by atoms with Crippen molar-refractivity contribution >= 4 is 22.7 Å². The Hall–Kier alpha value is -3.16. The second kappa shape index (κ2) is 5.44. The van der Waals surface area contributed by atoms with Crippen molar-refractivity contribution in [2.24, 2.45) is 7.05 Å². The molecule has 0 fully saturated rings. The maximum absolute atomic E-state index is 13.2. The second-order valence-electron chi connectivity index (χ2n) is 6.02. The van der Waals surface area contributed by atoms with Crippen molar-refractivity contribution in [2.75, 3.05) is 18.1 Å². The topological polar surface area (TPSA) is 90.5 Å². The van der Waals surface area contributed by atoms with E-state index in [0.29, 0.717) is 30.5 Å². The first kappa shape index (κ1) is 15.4. The molecule has 25 heavy (non-hydrogen) atoms. The van der Waals surface area contributed by atoms with Gasteiger partial charge in [-0.15, -0.1) is 0 Å². The number of ether oxygens (including phenoxy) is 1. The van der Waals surface area contributed by atoms with Crippen LogP contribution in [0.4, 0.5) is 5.69 Å². The quantitative estimate of drug-likeness (QED) is 0.668. The number of amides is 1. The third kappa shape index (κ3) is 2.29. The van der Waals surface area contributed by atoms with Gasteiger partial charge in [0.25, 0.3) is 11.5 Å². The predicted octanol–water partition coefficient (Wildman–Crippen LogP) is 1.58. The molecule has 0 atom stereocenters. The molecule has 0 N–H and O–H groups in total. The summed E-state index contributed by atoms with van der Waals surface area (Å²) in [6.07, 6.45) is 3.06. The maximum atomic E-state index is 13.2. The molecule has 0 aromatic carbocycles. The number of fused-ring (bicyclic) bond motifs is 2. The highest BCUT2D eigenvalue weighted by Crippen LogP contribution is 2.33. The van der Waals surface area contributed by atoms with E-state index in [1.807, 2.05) is 13.0 Å². The maximum Gasteiger partial charge on any atom is 0.265 e. The summed E-state index contributed by atoms with van der Waals surface area (Å²) in [5.41, 5.74) is 1.58. The number of aromatic nitrogens is 3. The first-order chi connectivity index (χ1) is 12.0. The zero-order valence-electron chi connectivity index (χ0n) is 14.1. The van der Waals surface area contributed by atoms with Crippen LogP contribution in [0.2, 0.25) is 0 Å². The van der Waals surface area contributed by atoms with E-state index in [4.69, 9.17) is 9.15 Å². The first-order valence-corrected chi connectivity index (χ1v) is 7.83. The number of carbonyl (C=O) groups is 1. The van der Waals surface area contributed by atoms with Gasteiger partial charge < -0.3 is 13.7 Å². The molecule has 128 valence electrons. The Morgan fingerprint density at radius 1 is 1.28 bits per heavy atom. The Labute approximate surface area is 142 Å². The Bertz CT molecular complexity index is 1070. The second-order valence-corrected chi connectivity index (χ2v) is 6.02. The van der Waals surface area contributed by atoms with Gasteiger partial charge in [0.15, 0.2) is 0 Å². The Kier molecular flexibility index (Phi) is 3.34. The highest BCUT2D eigenvalue weighted by atomic mass is 16.5. The zero-order chi connectivity index (χ0) is 17.7. The van der Waals surface area contributed by atoms with Crippen molar-refractivity contribution in [3.63, 3.8) is 0 Å². The minimum atomic E-state index is -0.321. The van der Waals surface area contributed by atoms with Crippen LogP contribution in [0, 0.1) is 13.8 Å². The van der Waals surface area contributed by atoms with E-state index in [2.05, 4.69) is 9.97 Å². The van der Waals surface area contributed by atoms with Gasteiger partial charge in [-0.25, -0.2) is 9.97 Å². The highest BCUT2D eigenvalue weighted by Gasteiger charge is 2.31. The SMILES string of the molecule is Cc1cnc2c(c1)N(C(=O)c1c(C)oc3ncn(C)c(=O)c13)CCO2. The average Bonchev–Trinajstić information content (AvgIpc) is 2.94. The normalized spacial score (nSPS) is 13.6. The summed E-state index contributed by atoms with van der Waals surface area (Å²) in [6.45, 7) is 4.25. The van der Waals surface area contributed by atoms with Gasteiger partial charge in [-0.2, -0.15) is 0 Å². The largest absolute Gasteiger partial charge is 0.474 e. The third-order valence-corrected chi connectivity index (χ3v) is 4.22. The molecule has 8 nitrogen and oxygen atoms in total. The summed E-state index contributed by atoms with van der Waals surface area (Å²) in [5, 5.41) is 0.196. The number of rotatable bonds is 1. The summed E-state index contributed by atoms with van der Waals surface area (Å²) in [5.74, 6) is 0.449. The van der Waals surface area contributed by atoms with Crippen molar-refractivity contribution in [1.82, 2.24) is 14.5 Å². The van der Waals surface area contributed by atoms with Gasteiger partial charge >= 0.3 is 0 Å². The predicted molar refractivity (Wildman–Crippen MR) is 90.1 cm³/mol. The van der Waals surface area contributed by atoms with E-state index in [1.165, 1.54) is 10.9 Å². The Morgan fingerprint density at radius 3 is 2.88 bits per heavy atom. The van der Waals surface area contributed by atoms with Gasteiger partial charge in [0.05, 0.1) is 12.1 Å². The number of carbonyl (C=O) groups excluding carboxylic acids is 1. The Balaban J connectivity index is 1.90. The number of aryl methyl sites for hydroxylation is 3. The van der Waals surface area contributed by atoms with Crippen LogP contribution in [0.5, 0.6) is 5.88 Å². The summed E-state index contributed by atoms with van der Waals surface area (Å²) in [4.78, 5) is 35.6. The minimum Gasteiger partial charge on any atom is -0.474 e. The van der Waals surface area contributed by atoms with Crippen molar-refractivity contribution in [1.29, 1.82) is 0 Å². The van der Waals surface area contributed by atoms with Gasteiger partial charge in [-0.1, -0.05) is 0 Å². The number of anilines is 1. The van der Waals surface area contributed by atoms with Crippen LogP contribution in [-0.2, 0) is 7.05 Å². The molecule has 0 unspecified atom stereocenters. The number of pyridine rings is 1. The van der Waals surface area contributed by atoms with Crippen molar-refractivity contribution in [2.45, 2.75) is 13.8 Å². The van der Waals surface area contributed by atoms with Crippen LogP contribution < -0.4 is 15.2 Å². The molecule has 1 amide bonds. The van der Waals surface area contributed by atoms with E-state index >= 15 is 0 Å². The molecule has 4 heterocycles. The van der Waals surface area contributed by atoms with Gasteiger partial charge in [-0.05, 0) is 25.5 Å². The van der Waals surface area contributed by atoms with Crippen LogP contribution in [0.25, 0.3) is 11.1 Å². The molecule has 0 aliphatic carbocycles. The lowest BCUT2D eigenvalue weighted by molar-refractivity contribution is 0.0975. The average molecular weight is 340 g/mol. The fourth-order valence-electron chi connectivity index (χ4n) is 2.99. The fraction of sp³-hybridized carbons (Fsp3) is 0.294. The molecule has 0 spiro atoms. The van der Waals surface area contributed by atoms with E-state index in [0.717, 1.165) is 5.56 Å². The first-order valence-electron chi connectivity index (χ1n) is 7.83. The number of hydrogen-bond acceptors (Lipinski definition) is 6. The number of nitrogens with zero attached hydrogens (tertiary/aromatic N) is 4. The van der Waals surface area contributed by atoms with Crippen molar-refractivity contribution in [3.8, 4) is 5.88 Å². The zero-order valence-corrected chi connectivity index (χ0v) is 14.1. The molecular weight excluding hydrogens is 324 g/mol. The van der Waals surface area contributed by atoms with Crippen LogP contribution in [0.1, 0.15) is 21.7 Å². The molecule has 8 heteroatoms. The standard InChI is InChI=1S/C17H16N4O4/c1-9-6-11-14(18-7-9)24-5-4-21(11)17(23)12-10(2)25-15-13(12)16(22)20(3)8-19-15/h6-8H,4-5H2,1-3H3. The summed E-state index contributed by atoms with van der Waals surface area (Å²) in [6, 6.07) is 1.84. The minimum absolute atomic E-state index is 0.166. The molecule has 0 bridgehead atoms. The van der Waals surface area contributed by atoms with Crippen molar-refractivity contribution in [3.05, 3.63) is 45.8 Å². The van der Waals surface area contributed by atoms with Crippen LogP contribution in [0.15, 0.2) is 27.8 Å². The lowest BCUT2D eigenvalue weighted by Crippen LogP contribution is -2.39. The smallest absolute Gasteiger partial charge is 0.265 e. The molecule has 3 aromatic rings. The fourth-order valence-corrected chi connectivity index (χ4v) is 2.99. The number of furan rings is 1. The molecule has 1 aliphatic rings. The molecule has 0 radical (unpaired) electrons. The lowest BCUT2D eigenvalue weighted by Gasteiger charge is -2.28. The van der Waals surface area contributed by atoms with E-state index in [-0.39, 0.29) is 28.1 Å². The van der Waals surface area contributed by atoms with E-state index in [1.54, 1.807) is 25.1 Å². The van der Waals surface area contributed by atoms with Gasteiger partial charge in [-0.3, -0.25) is 14.5 Å². The van der Waals surface area contributed by atoms with Gasteiger partial charge in [0.1, 0.15) is 29.8 Å². The molecule has 0 saturated heterocycles.